The molecule has 5 unspecified atom stereocenters. The van der Waals surface area contributed by atoms with Crippen LogP contribution in [0.2, 0.25) is 0 Å². The highest BCUT2D eigenvalue weighted by Gasteiger charge is 2.66. The van der Waals surface area contributed by atoms with Crippen LogP contribution in [0.25, 0.3) is 11.1 Å². The first-order valence-corrected chi connectivity index (χ1v) is 8.32. The number of hydrogen-bond donors (Lipinski definition) is 0. The predicted molar refractivity (Wildman–Crippen MR) is 81.4 cm³/mol. The lowest BCUT2D eigenvalue weighted by Crippen LogP contribution is -2.08. The van der Waals surface area contributed by atoms with Crippen LogP contribution in [0.3, 0.4) is 0 Å². The van der Waals surface area contributed by atoms with E-state index in [9.17, 15) is 4.79 Å². The number of alkyl halides is 1. The highest BCUT2D eigenvalue weighted by Crippen LogP contribution is 2.73. The minimum Gasteiger partial charge on any atom is -0.408 e. The highest BCUT2D eigenvalue weighted by molar-refractivity contribution is 6.21. The lowest BCUT2D eigenvalue weighted by atomic mass is 9.97. The van der Waals surface area contributed by atoms with Gasteiger partial charge in [0.05, 0.1) is 10.9 Å². The van der Waals surface area contributed by atoms with Gasteiger partial charge >= 0.3 is 5.76 Å². The topological polar surface area (TPSA) is 35.1 Å². The van der Waals surface area contributed by atoms with Gasteiger partial charge in [-0.05, 0) is 66.5 Å². The average molecular weight is 304 g/mol. The van der Waals surface area contributed by atoms with Crippen LogP contribution in [0.15, 0.2) is 27.4 Å². The second-order valence-corrected chi connectivity index (χ2v) is 7.59. The van der Waals surface area contributed by atoms with Gasteiger partial charge in [-0.25, -0.2) is 4.79 Å². The van der Waals surface area contributed by atoms with Gasteiger partial charge in [-0.2, -0.15) is 0 Å². The molecule has 0 amide bonds. The number of aryl methyl sites for hydroxylation is 1. The Morgan fingerprint density at radius 2 is 2.00 bits per heavy atom. The summed E-state index contributed by atoms with van der Waals surface area (Å²) in [5.41, 5.74) is 2.60. The van der Waals surface area contributed by atoms with E-state index in [-0.39, 0.29) is 11.1 Å². The fraction of sp³-hybridized carbons (Fsp3) is 0.588. The Balaban J connectivity index is 1.49. The third-order valence-electron chi connectivity index (χ3n) is 6.27. The van der Waals surface area contributed by atoms with Crippen LogP contribution < -0.4 is 5.76 Å². The summed E-state index contributed by atoms with van der Waals surface area (Å²) in [6.07, 6.45) is 4.28. The number of rotatable bonds is 2. The molecule has 1 aromatic carbocycles. The van der Waals surface area contributed by atoms with Crippen molar-refractivity contribution in [1.82, 2.24) is 4.57 Å². The first kappa shape index (κ1) is 12.3. The molecule has 110 valence electrons. The second-order valence-electron chi connectivity index (χ2n) is 7.12. The van der Waals surface area contributed by atoms with Crippen LogP contribution in [0.1, 0.15) is 30.2 Å². The minimum atomic E-state index is -0.311. The van der Waals surface area contributed by atoms with Crippen LogP contribution in [0.4, 0.5) is 0 Å². The zero-order valence-corrected chi connectivity index (χ0v) is 12.7. The fourth-order valence-electron chi connectivity index (χ4n) is 5.33. The van der Waals surface area contributed by atoms with Crippen molar-refractivity contribution in [3.05, 3.63) is 34.3 Å². The molecular weight excluding hydrogens is 286 g/mol. The molecule has 0 spiro atoms. The summed E-state index contributed by atoms with van der Waals surface area (Å²) >= 11 is 6.78. The maximum Gasteiger partial charge on any atom is 0.419 e. The van der Waals surface area contributed by atoms with Gasteiger partial charge in [0.1, 0.15) is 0 Å². The van der Waals surface area contributed by atoms with E-state index in [0.29, 0.717) is 11.5 Å². The summed E-state index contributed by atoms with van der Waals surface area (Å²) < 4.78 is 6.82. The van der Waals surface area contributed by atoms with E-state index in [1.165, 1.54) is 23.8 Å². The molecule has 2 aromatic rings. The number of benzene rings is 1. The lowest BCUT2D eigenvalue weighted by Gasteiger charge is -2.14. The van der Waals surface area contributed by atoms with Crippen molar-refractivity contribution in [2.45, 2.75) is 24.6 Å². The molecule has 5 atom stereocenters. The highest BCUT2D eigenvalue weighted by atomic mass is 35.5. The molecule has 0 saturated heterocycles. The SMILES string of the molecule is Cn1c(=O)oc2cc(C(Cl)C3C4C5CCC(C5)C43)ccc21. The second kappa shape index (κ2) is 3.95. The van der Waals surface area contributed by atoms with Crippen molar-refractivity contribution in [3.63, 3.8) is 0 Å². The Bertz CT molecular complexity index is 776. The van der Waals surface area contributed by atoms with E-state index in [4.69, 9.17) is 16.0 Å². The summed E-state index contributed by atoms with van der Waals surface area (Å²) in [4.78, 5) is 11.6. The van der Waals surface area contributed by atoms with Crippen molar-refractivity contribution in [2.24, 2.45) is 36.6 Å². The van der Waals surface area contributed by atoms with Crippen LogP contribution in [-0.2, 0) is 7.05 Å². The molecule has 3 nitrogen and oxygen atoms in total. The molecule has 3 fully saturated rings. The van der Waals surface area contributed by atoms with E-state index in [0.717, 1.165) is 34.8 Å². The quantitative estimate of drug-likeness (QED) is 0.793. The zero-order valence-electron chi connectivity index (χ0n) is 12.0. The summed E-state index contributed by atoms with van der Waals surface area (Å²) in [7, 11) is 1.73. The van der Waals surface area contributed by atoms with Crippen molar-refractivity contribution < 1.29 is 4.42 Å². The van der Waals surface area contributed by atoms with Gasteiger partial charge in [-0.15, -0.1) is 11.6 Å². The minimum absolute atomic E-state index is 0.0679. The molecule has 1 heterocycles. The molecule has 3 saturated carbocycles. The average Bonchev–Trinajstić information content (AvgIpc) is 2.77. The Hall–Kier alpha value is -1.22. The molecule has 0 aliphatic heterocycles. The van der Waals surface area contributed by atoms with E-state index in [2.05, 4.69) is 6.07 Å². The molecule has 21 heavy (non-hydrogen) atoms. The van der Waals surface area contributed by atoms with Crippen LogP contribution >= 0.6 is 11.6 Å². The predicted octanol–water partition coefficient (Wildman–Crippen LogP) is 3.70. The van der Waals surface area contributed by atoms with Crippen molar-refractivity contribution in [3.8, 4) is 0 Å². The maximum absolute atomic E-state index is 11.6. The molecule has 4 heteroatoms. The molecule has 2 bridgehead atoms. The van der Waals surface area contributed by atoms with Crippen molar-refractivity contribution in [2.75, 3.05) is 0 Å². The maximum atomic E-state index is 11.6. The molecule has 1 aromatic heterocycles. The van der Waals surface area contributed by atoms with Crippen LogP contribution in [-0.4, -0.2) is 4.57 Å². The van der Waals surface area contributed by atoms with Gasteiger partial charge in [-0.3, -0.25) is 4.57 Å². The summed E-state index contributed by atoms with van der Waals surface area (Å²) in [5.74, 6) is 3.93. The smallest absolute Gasteiger partial charge is 0.408 e. The lowest BCUT2D eigenvalue weighted by molar-refractivity contribution is 0.455. The van der Waals surface area contributed by atoms with Gasteiger partial charge in [-0.1, -0.05) is 6.07 Å². The molecule has 0 radical (unpaired) electrons. The first-order chi connectivity index (χ1) is 10.1. The van der Waals surface area contributed by atoms with Gasteiger partial charge < -0.3 is 4.42 Å². The Morgan fingerprint density at radius 1 is 1.29 bits per heavy atom. The largest absolute Gasteiger partial charge is 0.419 e. The fourth-order valence-corrected chi connectivity index (χ4v) is 5.80. The number of fused-ring (bicyclic) bond motifs is 6. The molecule has 5 rings (SSSR count). The van der Waals surface area contributed by atoms with Crippen LogP contribution in [0.5, 0.6) is 0 Å². The van der Waals surface area contributed by atoms with Crippen molar-refractivity contribution >= 4 is 22.7 Å². The third-order valence-corrected chi connectivity index (χ3v) is 6.81. The third kappa shape index (κ3) is 1.53. The number of oxazole rings is 1. The van der Waals surface area contributed by atoms with Crippen molar-refractivity contribution in [1.29, 1.82) is 0 Å². The molecule has 0 N–H and O–H groups in total. The van der Waals surface area contributed by atoms with E-state index in [1.807, 2.05) is 12.1 Å². The Morgan fingerprint density at radius 3 is 2.71 bits per heavy atom. The Kier molecular flexibility index (Phi) is 2.32. The van der Waals surface area contributed by atoms with E-state index >= 15 is 0 Å². The van der Waals surface area contributed by atoms with Gasteiger partial charge in [0, 0.05) is 7.05 Å². The van der Waals surface area contributed by atoms with E-state index in [1.54, 1.807) is 7.05 Å². The molecule has 3 aliphatic carbocycles. The molecular formula is C17H18ClNO2. The number of hydrogen-bond acceptors (Lipinski definition) is 2. The summed E-state index contributed by atoms with van der Waals surface area (Å²) in [6.45, 7) is 0. The summed E-state index contributed by atoms with van der Waals surface area (Å²) in [5, 5.41) is 0.0679. The number of aromatic nitrogens is 1. The van der Waals surface area contributed by atoms with Crippen LogP contribution in [0, 0.1) is 29.6 Å². The standard InChI is InChI=1S/C17H18ClNO2/c1-19-11-5-4-10(7-12(11)21-17(19)20)16(18)15-13-8-2-3-9(6-8)14(13)15/h4-5,7-9,13-16H,2-3,6H2,1H3. The number of halogens is 1. The summed E-state index contributed by atoms with van der Waals surface area (Å²) in [6, 6.07) is 5.98. The first-order valence-electron chi connectivity index (χ1n) is 7.88. The van der Waals surface area contributed by atoms with Gasteiger partial charge in [0.15, 0.2) is 5.58 Å². The molecule has 3 aliphatic rings. The Labute approximate surface area is 127 Å². The van der Waals surface area contributed by atoms with Gasteiger partial charge in [0.25, 0.3) is 0 Å². The van der Waals surface area contributed by atoms with E-state index < -0.39 is 0 Å². The monoisotopic (exact) mass is 303 g/mol. The number of nitrogens with zero attached hydrogens (tertiary/aromatic N) is 1. The van der Waals surface area contributed by atoms with Gasteiger partial charge in [0.2, 0.25) is 0 Å². The normalized spacial score (nSPS) is 37.9. The zero-order chi connectivity index (χ0) is 14.3.